The number of hydroxylamine groups is 2. The lowest BCUT2D eigenvalue weighted by Crippen LogP contribution is -2.42. The number of carbonyl (C=O) groups is 3. The molecule has 31 heavy (non-hydrogen) atoms. The number of unbranched alkanes of at least 4 members (excludes halogenated alkanes) is 2. The Kier molecular flexibility index (Phi) is 9.26. The van der Waals surface area contributed by atoms with E-state index in [2.05, 4.69) is 10.6 Å². The molecule has 0 bridgehead atoms. The first-order valence-corrected chi connectivity index (χ1v) is 10.1. The minimum Gasteiger partial charge on any atom is -0.451 e. The van der Waals surface area contributed by atoms with Crippen LogP contribution < -0.4 is 10.6 Å². The van der Waals surface area contributed by atoms with Crippen molar-refractivity contribution < 1.29 is 24.0 Å². The van der Waals surface area contributed by atoms with Crippen molar-refractivity contribution in [3.63, 3.8) is 0 Å². The maximum Gasteiger partial charge on any atom is 0.288 e. The van der Waals surface area contributed by atoms with E-state index in [0.29, 0.717) is 22.8 Å². The van der Waals surface area contributed by atoms with E-state index in [1.807, 2.05) is 13.0 Å². The second-order valence-electron chi connectivity index (χ2n) is 7.00. The maximum atomic E-state index is 12.4. The van der Waals surface area contributed by atoms with Crippen LogP contribution in [0.2, 0.25) is 0 Å². The molecule has 0 saturated carbocycles. The van der Waals surface area contributed by atoms with E-state index in [1.165, 1.54) is 6.07 Å². The highest BCUT2D eigenvalue weighted by atomic mass is 16.5. The standard InChI is InChI=1S/C22H26N4O5/c1-2-3-4-5-18(13-26(30)15-27)21(28)24-14-25-22(29)20-11-10-19(31-20)17-8-6-16(12-23)7-9-17/h6-11,15,18,30H,2-5,13-14H2,1H3,(H,24,28)(H,25,29)/t18-/m1/s1. The van der Waals surface area contributed by atoms with Gasteiger partial charge >= 0.3 is 0 Å². The van der Waals surface area contributed by atoms with Crippen LogP contribution in [0.3, 0.4) is 0 Å². The normalized spacial score (nSPS) is 11.3. The monoisotopic (exact) mass is 426 g/mol. The summed E-state index contributed by atoms with van der Waals surface area (Å²) in [6.07, 6.45) is 3.48. The van der Waals surface area contributed by atoms with Gasteiger partial charge < -0.3 is 15.1 Å². The summed E-state index contributed by atoms with van der Waals surface area (Å²) in [6, 6.07) is 12.0. The van der Waals surface area contributed by atoms with Crippen LogP contribution in [-0.4, -0.2) is 41.7 Å². The van der Waals surface area contributed by atoms with E-state index in [9.17, 15) is 19.6 Å². The number of nitriles is 1. The lowest BCUT2D eigenvalue weighted by molar-refractivity contribution is -0.154. The number of hydrogen-bond acceptors (Lipinski definition) is 6. The third kappa shape index (κ3) is 7.28. The third-order valence-corrected chi connectivity index (χ3v) is 4.70. The summed E-state index contributed by atoms with van der Waals surface area (Å²) < 4.78 is 5.56. The molecule has 164 valence electrons. The quantitative estimate of drug-likeness (QED) is 0.157. The SMILES string of the molecule is CCCCC[C@H](CN(O)C=O)C(=O)NCNC(=O)c1ccc(-c2ccc(C#N)cc2)o1. The molecule has 1 atom stereocenters. The smallest absolute Gasteiger partial charge is 0.288 e. The summed E-state index contributed by atoms with van der Waals surface area (Å²) in [5.74, 6) is -0.887. The second-order valence-corrected chi connectivity index (χ2v) is 7.00. The van der Waals surface area contributed by atoms with Gasteiger partial charge in [-0.25, -0.2) is 5.06 Å². The molecule has 0 saturated heterocycles. The van der Waals surface area contributed by atoms with Gasteiger partial charge in [-0.15, -0.1) is 0 Å². The van der Waals surface area contributed by atoms with Crippen molar-refractivity contribution in [1.29, 1.82) is 5.26 Å². The molecule has 3 N–H and O–H groups in total. The summed E-state index contributed by atoms with van der Waals surface area (Å²) in [7, 11) is 0. The third-order valence-electron chi connectivity index (χ3n) is 4.70. The maximum absolute atomic E-state index is 12.4. The van der Waals surface area contributed by atoms with Gasteiger partial charge in [0.05, 0.1) is 30.8 Å². The molecule has 2 rings (SSSR count). The van der Waals surface area contributed by atoms with Gasteiger partial charge in [0.2, 0.25) is 12.3 Å². The fourth-order valence-electron chi connectivity index (χ4n) is 2.98. The van der Waals surface area contributed by atoms with Crippen molar-refractivity contribution in [2.24, 2.45) is 5.92 Å². The Morgan fingerprint density at radius 2 is 1.94 bits per heavy atom. The number of nitrogens with zero attached hydrogens (tertiary/aromatic N) is 2. The Balaban J connectivity index is 1.88. The van der Waals surface area contributed by atoms with Crippen LogP contribution in [-0.2, 0) is 9.59 Å². The Bertz CT molecular complexity index is 917. The van der Waals surface area contributed by atoms with Crippen molar-refractivity contribution in [2.75, 3.05) is 13.2 Å². The molecule has 0 aliphatic rings. The van der Waals surface area contributed by atoms with E-state index in [4.69, 9.17) is 9.68 Å². The number of carbonyl (C=O) groups excluding carboxylic acids is 3. The highest BCUT2D eigenvalue weighted by molar-refractivity contribution is 5.92. The predicted molar refractivity (Wildman–Crippen MR) is 112 cm³/mol. The molecule has 0 radical (unpaired) electrons. The zero-order valence-electron chi connectivity index (χ0n) is 17.3. The molecular formula is C22H26N4O5. The lowest BCUT2D eigenvalue weighted by atomic mass is 10.0. The fourth-order valence-corrected chi connectivity index (χ4v) is 2.98. The zero-order chi connectivity index (χ0) is 22.6. The number of amides is 3. The minimum absolute atomic E-state index is 0.0793. The van der Waals surface area contributed by atoms with E-state index in [1.54, 1.807) is 30.3 Å². The van der Waals surface area contributed by atoms with E-state index < -0.39 is 11.8 Å². The largest absolute Gasteiger partial charge is 0.451 e. The molecule has 0 aliphatic heterocycles. The van der Waals surface area contributed by atoms with Gasteiger partial charge in [0.15, 0.2) is 5.76 Å². The molecule has 0 aliphatic carbocycles. The van der Waals surface area contributed by atoms with Crippen molar-refractivity contribution in [3.8, 4) is 17.4 Å². The van der Waals surface area contributed by atoms with E-state index in [0.717, 1.165) is 24.8 Å². The van der Waals surface area contributed by atoms with Crippen molar-refractivity contribution in [3.05, 3.63) is 47.7 Å². The summed E-state index contributed by atoms with van der Waals surface area (Å²) in [5.41, 5.74) is 1.25. The van der Waals surface area contributed by atoms with Crippen molar-refractivity contribution in [1.82, 2.24) is 15.7 Å². The van der Waals surface area contributed by atoms with Gasteiger partial charge in [-0.1, -0.05) is 26.2 Å². The fraction of sp³-hybridized carbons (Fsp3) is 0.364. The topological polar surface area (TPSA) is 136 Å². The molecular weight excluding hydrogens is 400 g/mol. The lowest BCUT2D eigenvalue weighted by Gasteiger charge is -2.19. The number of furan rings is 1. The highest BCUT2D eigenvalue weighted by Gasteiger charge is 2.21. The highest BCUT2D eigenvalue weighted by Crippen LogP contribution is 2.22. The van der Waals surface area contributed by atoms with E-state index >= 15 is 0 Å². The summed E-state index contributed by atoms with van der Waals surface area (Å²) in [4.78, 5) is 35.3. The van der Waals surface area contributed by atoms with Crippen LogP contribution in [0.1, 0.15) is 48.7 Å². The Labute approximate surface area is 180 Å². The average molecular weight is 426 g/mol. The molecule has 9 heteroatoms. The molecule has 1 aromatic carbocycles. The molecule has 0 fully saturated rings. The van der Waals surface area contributed by atoms with Gasteiger partial charge in [-0.05, 0) is 42.8 Å². The first-order chi connectivity index (χ1) is 15.0. The van der Waals surface area contributed by atoms with Gasteiger partial charge in [-0.2, -0.15) is 5.26 Å². The molecule has 9 nitrogen and oxygen atoms in total. The first-order valence-electron chi connectivity index (χ1n) is 10.1. The summed E-state index contributed by atoms with van der Waals surface area (Å²) >= 11 is 0. The van der Waals surface area contributed by atoms with Gasteiger partial charge in [0, 0.05) is 5.56 Å². The van der Waals surface area contributed by atoms with Gasteiger partial charge in [-0.3, -0.25) is 19.6 Å². The summed E-state index contributed by atoms with van der Waals surface area (Å²) in [6.45, 7) is 1.80. The van der Waals surface area contributed by atoms with Crippen LogP contribution in [0.15, 0.2) is 40.8 Å². The van der Waals surface area contributed by atoms with Gasteiger partial charge in [0.25, 0.3) is 5.91 Å². The molecule has 1 aromatic heterocycles. The Hall–Kier alpha value is -3.64. The van der Waals surface area contributed by atoms with Crippen LogP contribution >= 0.6 is 0 Å². The van der Waals surface area contributed by atoms with Crippen LogP contribution in [0, 0.1) is 17.2 Å². The van der Waals surface area contributed by atoms with Crippen LogP contribution in [0.25, 0.3) is 11.3 Å². The molecule has 2 aromatic rings. The number of hydrogen-bond donors (Lipinski definition) is 3. The predicted octanol–water partition coefficient (Wildman–Crippen LogP) is 2.67. The van der Waals surface area contributed by atoms with Crippen LogP contribution in [0.4, 0.5) is 0 Å². The molecule has 0 unspecified atom stereocenters. The minimum atomic E-state index is -0.578. The number of benzene rings is 1. The van der Waals surface area contributed by atoms with Crippen molar-refractivity contribution >= 4 is 18.2 Å². The molecule has 1 heterocycles. The number of nitrogens with one attached hydrogen (secondary N) is 2. The Morgan fingerprint density at radius 1 is 1.19 bits per heavy atom. The summed E-state index contributed by atoms with van der Waals surface area (Å²) in [5, 5.41) is 23.9. The van der Waals surface area contributed by atoms with E-state index in [-0.39, 0.29) is 31.3 Å². The molecule has 0 spiro atoms. The Morgan fingerprint density at radius 3 is 2.58 bits per heavy atom. The second kappa shape index (κ2) is 12.1. The number of rotatable bonds is 12. The average Bonchev–Trinajstić information content (AvgIpc) is 3.28. The molecule has 3 amide bonds. The van der Waals surface area contributed by atoms with Crippen molar-refractivity contribution in [2.45, 2.75) is 32.6 Å². The van der Waals surface area contributed by atoms with Gasteiger partial charge in [0.1, 0.15) is 5.76 Å². The first kappa shape index (κ1) is 23.6. The zero-order valence-corrected chi connectivity index (χ0v) is 17.3. The van der Waals surface area contributed by atoms with Crippen LogP contribution in [0.5, 0.6) is 0 Å².